The summed E-state index contributed by atoms with van der Waals surface area (Å²) in [6.07, 6.45) is 6.72. The Balaban J connectivity index is 1.90. The van der Waals surface area contributed by atoms with Gasteiger partial charge in [-0.05, 0) is 40.5 Å². The quantitative estimate of drug-likeness (QED) is 0.478. The fraction of sp³-hybridized carbons (Fsp3) is 0.765. The number of carbonyl (C=O) groups excluding carboxylic acids is 2. The molecule has 0 aromatic rings. The normalized spacial score (nSPS) is 31.1. The number of piperidine rings is 1. The van der Waals surface area contributed by atoms with E-state index in [1.165, 1.54) is 0 Å². The molecule has 3 rings (SSSR count). The van der Waals surface area contributed by atoms with E-state index in [1.54, 1.807) is 0 Å². The summed E-state index contributed by atoms with van der Waals surface area (Å²) in [6.45, 7) is 10.2. The zero-order valence-corrected chi connectivity index (χ0v) is 14.3. The summed E-state index contributed by atoms with van der Waals surface area (Å²) in [7, 11) is 0. The van der Waals surface area contributed by atoms with Crippen molar-refractivity contribution in [2.24, 2.45) is 0 Å². The van der Waals surface area contributed by atoms with E-state index in [-0.39, 0.29) is 35.7 Å². The minimum absolute atomic E-state index is 0.0207. The molecule has 0 aromatic heterocycles. The maximum Gasteiger partial charge on any atom is 0.325 e. The third kappa shape index (κ3) is 2.62. The number of imide groups is 1. The van der Waals surface area contributed by atoms with Crippen LogP contribution in [-0.2, 0) is 9.53 Å². The number of nitrogens with zero attached hydrogens (tertiary/aromatic N) is 2. The van der Waals surface area contributed by atoms with Crippen LogP contribution in [0.2, 0.25) is 0 Å². The van der Waals surface area contributed by atoms with Crippen molar-refractivity contribution >= 4 is 11.9 Å². The van der Waals surface area contributed by atoms with Crippen LogP contribution in [-0.4, -0.2) is 64.2 Å². The van der Waals surface area contributed by atoms with Gasteiger partial charge in [-0.15, -0.1) is 6.42 Å². The van der Waals surface area contributed by atoms with E-state index in [0.29, 0.717) is 12.8 Å². The molecule has 0 radical (unpaired) electrons. The van der Waals surface area contributed by atoms with Crippen molar-refractivity contribution in [2.75, 3.05) is 19.7 Å². The fourth-order valence-electron chi connectivity index (χ4n) is 4.57. The van der Waals surface area contributed by atoms with Crippen molar-refractivity contribution in [1.29, 1.82) is 0 Å². The van der Waals surface area contributed by atoms with Crippen LogP contribution >= 0.6 is 0 Å². The number of rotatable bonds is 3. The number of hydrogen-bond donors (Lipinski definition) is 1. The van der Waals surface area contributed by atoms with E-state index in [1.807, 2.05) is 0 Å². The second-order valence-electron chi connectivity index (χ2n) is 8.15. The van der Waals surface area contributed by atoms with E-state index >= 15 is 0 Å². The number of epoxide rings is 1. The number of nitrogens with one attached hydrogen (secondary N) is 1. The highest BCUT2D eigenvalue weighted by atomic mass is 16.6. The van der Waals surface area contributed by atoms with Gasteiger partial charge in [-0.25, -0.2) is 4.79 Å². The van der Waals surface area contributed by atoms with Gasteiger partial charge in [0, 0.05) is 17.6 Å². The van der Waals surface area contributed by atoms with Crippen LogP contribution in [0.3, 0.4) is 0 Å². The van der Waals surface area contributed by atoms with Crippen molar-refractivity contribution in [3.8, 4) is 12.3 Å². The Bertz CT molecular complexity index is 568. The molecule has 126 valence electrons. The third-order valence-electron chi connectivity index (χ3n) is 5.21. The molecule has 0 bridgehead atoms. The van der Waals surface area contributed by atoms with Gasteiger partial charge in [-0.1, -0.05) is 5.92 Å². The predicted molar refractivity (Wildman–Crippen MR) is 85.6 cm³/mol. The maximum atomic E-state index is 12.9. The zero-order valence-electron chi connectivity index (χ0n) is 14.3. The molecule has 6 nitrogen and oxygen atoms in total. The topological polar surface area (TPSA) is 65.2 Å². The summed E-state index contributed by atoms with van der Waals surface area (Å²) >= 11 is 0. The van der Waals surface area contributed by atoms with E-state index < -0.39 is 5.54 Å². The molecule has 3 amide bonds. The van der Waals surface area contributed by atoms with Crippen LogP contribution in [0.1, 0.15) is 40.5 Å². The highest BCUT2D eigenvalue weighted by Crippen LogP contribution is 2.46. The summed E-state index contributed by atoms with van der Waals surface area (Å²) in [4.78, 5) is 28.7. The monoisotopic (exact) mass is 319 g/mol. The number of ether oxygens (including phenoxy) is 1. The largest absolute Gasteiger partial charge is 0.372 e. The average molecular weight is 319 g/mol. The first-order valence-corrected chi connectivity index (χ1v) is 8.08. The van der Waals surface area contributed by atoms with Gasteiger partial charge in [-0.2, -0.15) is 0 Å². The Labute approximate surface area is 137 Å². The van der Waals surface area contributed by atoms with Crippen molar-refractivity contribution < 1.29 is 14.3 Å². The molecule has 3 aliphatic rings. The SMILES string of the molecule is C#CCN1C(=O)NC2(CC(C)(C)N(CC3CO3)C(C)(C)C2)C1=O. The van der Waals surface area contributed by atoms with Gasteiger partial charge < -0.3 is 10.1 Å². The van der Waals surface area contributed by atoms with E-state index in [0.717, 1.165) is 18.1 Å². The minimum Gasteiger partial charge on any atom is -0.372 e. The fourth-order valence-corrected chi connectivity index (χ4v) is 4.57. The molecule has 23 heavy (non-hydrogen) atoms. The Hall–Kier alpha value is -1.58. The number of likely N-dealkylation sites (tertiary alicyclic amines) is 1. The first-order valence-electron chi connectivity index (χ1n) is 8.08. The lowest BCUT2D eigenvalue weighted by molar-refractivity contribution is -0.140. The third-order valence-corrected chi connectivity index (χ3v) is 5.21. The van der Waals surface area contributed by atoms with Crippen LogP contribution in [0.4, 0.5) is 4.79 Å². The minimum atomic E-state index is -0.859. The molecule has 6 heteroatoms. The Kier molecular flexibility index (Phi) is 3.51. The molecule has 1 atom stereocenters. The van der Waals surface area contributed by atoms with Gasteiger partial charge in [0.15, 0.2) is 0 Å². The van der Waals surface area contributed by atoms with Crippen molar-refractivity contribution in [2.45, 2.75) is 63.3 Å². The number of hydrogen-bond acceptors (Lipinski definition) is 4. The standard InChI is InChI=1S/C17H25N3O3/c1-6-7-19-13(21)17(18-14(19)22)10-15(2,3)20(8-12-9-23-12)16(4,5)11-17/h1,12H,7-11H2,2-5H3,(H,18,22). The first kappa shape index (κ1) is 16.3. The summed E-state index contributed by atoms with van der Waals surface area (Å²) < 4.78 is 5.39. The molecule has 1 spiro atoms. The summed E-state index contributed by atoms with van der Waals surface area (Å²) in [5, 5.41) is 2.94. The molecule has 3 saturated heterocycles. The number of amides is 3. The first-order chi connectivity index (χ1) is 10.6. The molecular formula is C17H25N3O3. The van der Waals surface area contributed by atoms with Gasteiger partial charge in [0.2, 0.25) is 0 Å². The van der Waals surface area contributed by atoms with Crippen LogP contribution < -0.4 is 5.32 Å². The highest BCUT2D eigenvalue weighted by Gasteiger charge is 2.61. The molecule has 3 heterocycles. The molecule has 3 aliphatic heterocycles. The van der Waals surface area contributed by atoms with Crippen molar-refractivity contribution in [1.82, 2.24) is 15.1 Å². The summed E-state index contributed by atoms with van der Waals surface area (Å²) in [5.41, 5.74) is -1.33. The van der Waals surface area contributed by atoms with Gasteiger partial charge >= 0.3 is 6.03 Å². The molecule has 3 fully saturated rings. The Morgan fingerprint density at radius 2 is 1.83 bits per heavy atom. The van der Waals surface area contributed by atoms with Crippen molar-refractivity contribution in [3.05, 3.63) is 0 Å². The molecule has 1 unspecified atom stereocenters. The molecule has 0 aromatic carbocycles. The molecule has 0 saturated carbocycles. The Morgan fingerprint density at radius 1 is 1.26 bits per heavy atom. The molecular weight excluding hydrogens is 294 g/mol. The van der Waals surface area contributed by atoms with Gasteiger partial charge in [-0.3, -0.25) is 14.6 Å². The van der Waals surface area contributed by atoms with Crippen LogP contribution in [0, 0.1) is 12.3 Å². The smallest absolute Gasteiger partial charge is 0.325 e. The average Bonchev–Trinajstić information content (AvgIpc) is 3.19. The van der Waals surface area contributed by atoms with Gasteiger partial charge in [0.25, 0.3) is 5.91 Å². The summed E-state index contributed by atoms with van der Waals surface area (Å²) in [5.74, 6) is 2.20. The van der Waals surface area contributed by atoms with Gasteiger partial charge in [0.1, 0.15) is 5.54 Å². The number of urea groups is 1. The highest BCUT2D eigenvalue weighted by molar-refractivity contribution is 6.07. The van der Waals surface area contributed by atoms with Crippen LogP contribution in [0.25, 0.3) is 0 Å². The van der Waals surface area contributed by atoms with Gasteiger partial charge in [0.05, 0.1) is 19.3 Å². The lowest BCUT2D eigenvalue weighted by atomic mass is 9.69. The molecule has 1 N–H and O–H groups in total. The van der Waals surface area contributed by atoms with Crippen LogP contribution in [0.15, 0.2) is 0 Å². The molecule has 0 aliphatic carbocycles. The number of carbonyl (C=O) groups is 2. The van der Waals surface area contributed by atoms with E-state index in [4.69, 9.17) is 11.2 Å². The lowest BCUT2D eigenvalue weighted by Gasteiger charge is -2.57. The second-order valence-corrected chi connectivity index (χ2v) is 8.15. The maximum absolute atomic E-state index is 12.9. The second kappa shape index (κ2) is 4.96. The van der Waals surface area contributed by atoms with Crippen molar-refractivity contribution in [3.63, 3.8) is 0 Å². The number of terminal acetylenes is 1. The predicted octanol–water partition coefficient (Wildman–Crippen LogP) is 0.962. The summed E-state index contributed by atoms with van der Waals surface area (Å²) in [6, 6.07) is -0.376. The van der Waals surface area contributed by atoms with E-state index in [9.17, 15) is 9.59 Å². The lowest BCUT2D eigenvalue weighted by Crippen LogP contribution is -2.70. The van der Waals surface area contributed by atoms with E-state index in [2.05, 4.69) is 43.8 Å². The zero-order chi connectivity index (χ0) is 17.0. The van der Waals surface area contributed by atoms with Crippen LogP contribution in [0.5, 0.6) is 0 Å². The Morgan fingerprint density at radius 3 is 2.30 bits per heavy atom.